The maximum Gasteiger partial charge on any atom is 0.404 e. The Morgan fingerprint density at radius 2 is 0.761 bits per heavy atom. The minimum absolute atomic E-state index is 0. The van der Waals surface area contributed by atoms with Gasteiger partial charge >= 0.3 is 12.2 Å². The van der Waals surface area contributed by atoms with Crippen LogP contribution in [0.5, 0.6) is 23.0 Å². The topological polar surface area (TPSA) is 384 Å². The zero-order valence-corrected chi connectivity index (χ0v) is 65.5. The number of nitrogens with zero attached hydrogens (tertiary/aromatic N) is 5. The van der Waals surface area contributed by atoms with Gasteiger partial charge in [0.05, 0.1) is 69.3 Å². The summed E-state index contributed by atoms with van der Waals surface area (Å²) in [7, 11) is 0. The minimum atomic E-state index is -1.23. The summed E-state index contributed by atoms with van der Waals surface area (Å²) >= 11 is 0. The lowest BCUT2D eigenvalue weighted by atomic mass is 10.1. The Bertz CT molecular complexity index is 3060. The van der Waals surface area contributed by atoms with E-state index in [1.807, 2.05) is 48.5 Å². The predicted molar refractivity (Wildman–Crippen MR) is 444 cm³/mol. The molecule has 0 aliphatic carbocycles. The van der Waals surface area contributed by atoms with Crippen molar-refractivity contribution in [2.45, 2.75) is 212 Å². The number of ether oxygens (including phenoxy) is 4. The molecule has 4 aliphatic rings. The predicted octanol–water partition coefficient (Wildman–Crippen LogP) is 9.80. The number of benzene rings is 4. The fourth-order valence-corrected chi connectivity index (χ4v) is 12.1. The third-order valence-electron chi connectivity index (χ3n) is 17.7. The lowest BCUT2D eigenvalue weighted by Crippen LogP contribution is -2.40. The van der Waals surface area contributed by atoms with Crippen LogP contribution in [0.1, 0.15) is 234 Å². The van der Waals surface area contributed by atoms with Gasteiger partial charge in [-0.25, -0.2) is 4.79 Å². The number of carbonyl (C=O) groups is 4. The van der Waals surface area contributed by atoms with Gasteiger partial charge in [0.25, 0.3) is 30.5 Å². The quantitative estimate of drug-likeness (QED) is 0.00670. The molecule has 4 aromatic rings. The van der Waals surface area contributed by atoms with Gasteiger partial charge in [-0.3, -0.25) is 44.3 Å². The molecule has 0 fully saturated rings. The molecule has 640 valence electrons. The maximum atomic E-state index is 10.6. The summed E-state index contributed by atoms with van der Waals surface area (Å²) in [6, 6.07) is 32.9. The number of nitrogens with two attached hydrogens (primary N) is 2. The summed E-state index contributed by atoms with van der Waals surface area (Å²) in [6.45, 7) is 24.3. The van der Waals surface area contributed by atoms with E-state index in [1.54, 1.807) is 0 Å². The Labute approximate surface area is 676 Å². The van der Waals surface area contributed by atoms with Crippen molar-refractivity contribution in [3.05, 3.63) is 119 Å². The number of aliphatic imine (C=N–C) groups is 1. The van der Waals surface area contributed by atoms with Crippen LogP contribution in [-0.4, -0.2) is 210 Å². The van der Waals surface area contributed by atoms with E-state index in [4.69, 9.17) is 65.2 Å². The monoisotopic (exact) mass is 1590 g/mol. The highest BCUT2D eigenvalue weighted by Crippen LogP contribution is 2.20. The van der Waals surface area contributed by atoms with Gasteiger partial charge < -0.3 is 81.2 Å². The van der Waals surface area contributed by atoms with Crippen LogP contribution in [0.3, 0.4) is 0 Å². The molecular formula is C85H144N12O16. The number of rotatable bonds is 48. The molecule has 28 heteroatoms. The Morgan fingerprint density at radius 1 is 0.478 bits per heavy atom. The molecule has 0 saturated carbocycles. The molecule has 8 rings (SSSR count). The number of hydrogen-bond acceptors (Lipinski definition) is 22. The van der Waals surface area contributed by atoms with E-state index in [1.165, 1.54) is 140 Å². The van der Waals surface area contributed by atoms with E-state index in [0.717, 1.165) is 175 Å². The summed E-state index contributed by atoms with van der Waals surface area (Å²) in [5.41, 5.74) is 15.9. The molecule has 0 saturated heterocycles. The highest BCUT2D eigenvalue weighted by Gasteiger charge is 2.25. The molecule has 0 aromatic heterocycles. The van der Waals surface area contributed by atoms with E-state index < -0.39 is 12.2 Å². The third kappa shape index (κ3) is 51.1. The first-order valence-electron chi connectivity index (χ1n) is 39.4. The summed E-state index contributed by atoms with van der Waals surface area (Å²) in [5.74, 6) is 8.06. The standard InChI is InChI=1S/2C20H31N3O3.2C19H31N3O.2CH2O3.CO2.4CH4/c2*1-2-3-4-5-6-7-16-26-18-10-8-17(9-11-18)19-21-12-14-23(19)15-13-22-20(24)25;2*1-2-3-4-5-6-7-16-23-18-10-8-17(9-11-18)19-21-13-15-22(19)14-12-20;2*2-1-4-3;2-1-3;;;;/h2*8-11,22H,2-7,12-16H2,1H3,(H,24,25);2*8-11H,2-7,12-16,20H2,1H3;2*1,3H;;4*1H4. The van der Waals surface area contributed by atoms with E-state index in [2.05, 4.69) is 136 Å². The van der Waals surface area contributed by atoms with Gasteiger partial charge in [0.15, 0.2) is 0 Å². The Kier molecular flexibility index (Phi) is 70.7. The zero-order valence-electron chi connectivity index (χ0n) is 65.5. The average molecular weight is 1590 g/mol. The smallest absolute Gasteiger partial charge is 0.404 e. The molecule has 0 radical (unpaired) electrons. The molecule has 0 unspecified atom stereocenters. The van der Waals surface area contributed by atoms with Crippen molar-refractivity contribution in [2.24, 2.45) is 16.5 Å². The highest BCUT2D eigenvalue weighted by molar-refractivity contribution is 6.00. The van der Waals surface area contributed by atoms with Crippen LogP contribution in [-0.2, 0) is 29.0 Å². The van der Waals surface area contributed by atoms with Crippen LogP contribution in [0.25, 0.3) is 0 Å². The minimum Gasteiger partial charge on any atom is -0.662 e. The fraction of sp³-hybridized carbons (Fsp3) is 0.612. The number of unbranched alkanes of at least 4 members (excludes halogenated alkanes) is 20. The van der Waals surface area contributed by atoms with Crippen molar-refractivity contribution in [1.82, 2.24) is 31.5 Å². The second kappa shape index (κ2) is 74.1. The van der Waals surface area contributed by atoms with Gasteiger partial charge in [0.1, 0.15) is 87.3 Å². The summed E-state index contributed by atoms with van der Waals surface area (Å²) < 4.78 is 29.9. The fourth-order valence-electron chi connectivity index (χ4n) is 12.1. The van der Waals surface area contributed by atoms with Crippen LogP contribution in [0.15, 0.2) is 102 Å². The molecule has 4 heterocycles. The number of amides is 2. The molecule has 2 amide bonds. The first-order chi connectivity index (χ1) is 53.3. The van der Waals surface area contributed by atoms with Gasteiger partial charge in [0, 0.05) is 31.7 Å². The second-order valence-electron chi connectivity index (χ2n) is 26.0. The molecule has 28 nitrogen and oxygen atoms in total. The first-order valence-corrected chi connectivity index (χ1v) is 39.4. The largest absolute Gasteiger partial charge is 0.662 e. The van der Waals surface area contributed by atoms with Crippen molar-refractivity contribution in [3.8, 4) is 23.0 Å². The van der Waals surface area contributed by atoms with E-state index in [0.29, 0.717) is 39.3 Å². The van der Waals surface area contributed by atoms with E-state index >= 15 is 0 Å². The lowest BCUT2D eigenvalue weighted by molar-refractivity contribution is -0.652. The summed E-state index contributed by atoms with van der Waals surface area (Å²) in [4.78, 5) is 66.6. The van der Waals surface area contributed by atoms with Gasteiger partial charge in [0.2, 0.25) is 0 Å². The summed E-state index contributed by atoms with van der Waals surface area (Å²) in [6.07, 6.45) is 28.7. The molecule has 113 heavy (non-hydrogen) atoms. The first kappa shape index (κ1) is 108. The highest BCUT2D eigenvalue weighted by atomic mass is 17.1. The molecular weight excluding hydrogens is 1450 g/mol. The van der Waals surface area contributed by atoms with Crippen molar-refractivity contribution in [1.29, 1.82) is 0 Å². The van der Waals surface area contributed by atoms with Crippen molar-refractivity contribution < 1.29 is 91.9 Å². The Balaban J connectivity index is -0.00000135. The third-order valence-corrected chi connectivity index (χ3v) is 17.7. The normalized spacial score (nSPS) is 12.5. The van der Waals surface area contributed by atoms with Crippen molar-refractivity contribution in [2.75, 3.05) is 131 Å². The molecule has 0 bridgehead atoms. The molecule has 4 aliphatic heterocycles. The number of carbonyl (C=O) groups excluding carboxylic acids is 5. The van der Waals surface area contributed by atoms with Gasteiger partial charge in [-0.15, -0.1) is 0 Å². The molecule has 0 spiro atoms. The van der Waals surface area contributed by atoms with E-state index in [9.17, 15) is 14.7 Å². The van der Waals surface area contributed by atoms with Crippen LogP contribution in [0.2, 0.25) is 0 Å². The van der Waals surface area contributed by atoms with E-state index in [-0.39, 0.29) is 48.8 Å². The molecule has 0 atom stereocenters. The summed E-state index contributed by atoms with van der Waals surface area (Å²) in [5, 5.41) is 50.9. The van der Waals surface area contributed by atoms with Gasteiger partial charge in [-0.2, -0.15) is 9.59 Å². The van der Waals surface area contributed by atoms with Gasteiger partial charge in [-0.05, 0) is 123 Å². The Morgan fingerprint density at radius 3 is 1.04 bits per heavy atom. The molecule has 10 N–H and O–H groups in total. The van der Waals surface area contributed by atoms with Crippen LogP contribution < -0.4 is 72.6 Å². The number of hydrogen-bond donors (Lipinski definition) is 8. The number of amidine groups is 4. The number of carboxylic acid groups (broad SMARTS) is 2. The van der Waals surface area contributed by atoms with Crippen molar-refractivity contribution in [3.63, 3.8) is 0 Å². The maximum absolute atomic E-state index is 10.6. The second-order valence-corrected chi connectivity index (χ2v) is 26.0. The number of nitrogens with one attached hydrogen (secondary N) is 5. The van der Waals surface area contributed by atoms with Gasteiger partial charge in [-0.1, -0.05) is 186 Å². The molecule has 4 aromatic carbocycles. The lowest BCUT2D eigenvalue weighted by Gasteiger charge is -2.19. The Hall–Kier alpha value is -9.34. The van der Waals surface area contributed by atoms with Crippen LogP contribution >= 0.6 is 0 Å². The average Bonchev–Trinajstić information content (AvgIpc) is 1.75. The zero-order chi connectivity index (χ0) is 79.4. The SMILES string of the molecule is C.C.C.C.CCCCCCCCOc1ccc(C2=NCCN2CCN)cc1.CCCCCCCCOc1ccc(C2=[N+](CCN)CCN2)cc1.CCCCCCCCOc1ccc(C2=[N+](CCNC(=O)O)CCN2)cc1.CCCCCCCCOc1ccc(C2=[N+](CCNC(=O)[O-])CCN2)cc1.O=C=O.O=CO[O-].O=CO[O-]. The van der Waals surface area contributed by atoms with Crippen LogP contribution in [0, 0.1) is 0 Å². The van der Waals surface area contributed by atoms with Crippen molar-refractivity contribution >= 4 is 54.6 Å². The van der Waals surface area contributed by atoms with Crippen LogP contribution in [0.4, 0.5) is 9.59 Å².